The van der Waals surface area contributed by atoms with Crippen LogP contribution in [0.25, 0.3) is 0 Å². The second kappa shape index (κ2) is 14.8. The molecule has 0 unspecified atom stereocenters. The van der Waals surface area contributed by atoms with Gasteiger partial charge in [0.2, 0.25) is 10.0 Å². The van der Waals surface area contributed by atoms with Crippen LogP contribution in [0.15, 0.2) is 88.9 Å². The van der Waals surface area contributed by atoms with E-state index in [1.807, 2.05) is 13.8 Å². The highest BCUT2D eigenvalue weighted by molar-refractivity contribution is 7.89. The number of hydrogen-bond acceptors (Lipinski definition) is 9. The molecular weight excluding hydrogens is 643 g/mol. The Kier molecular flexibility index (Phi) is 11.1. The summed E-state index contributed by atoms with van der Waals surface area (Å²) < 4.78 is 75.8. The van der Waals surface area contributed by atoms with Crippen LogP contribution in [0.1, 0.15) is 19.4 Å². The Labute approximate surface area is 269 Å². The zero-order valence-electron chi connectivity index (χ0n) is 25.5. The van der Waals surface area contributed by atoms with Gasteiger partial charge in [0.1, 0.15) is 11.8 Å². The molecule has 1 aliphatic heterocycles. The monoisotopic (exact) mass is 677 g/mol. The fourth-order valence-electron chi connectivity index (χ4n) is 5.00. The van der Waals surface area contributed by atoms with Crippen molar-refractivity contribution in [3.63, 3.8) is 0 Å². The Morgan fingerprint density at radius 3 is 2.38 bits per heavy atom. The maximum absolute atomic E-state index is 13.7. The minimum atomic E-state index is -4.96. The summed E-state index contributed by atoms with van der Waals surface area (Å²) >= 11 is 0. The molecule has 3 aromatic rings. The van der Waals surface area contributed by atoms with Gasteiger partial charge in [-0.25, -0.2) is 13.2 Å². The third kappa shape index (κ3) is 9.42. The molecule has 0 spiro atoms. The third-order valence-electron chi connectivity index (χ3n) is 7.17. The highest BCUT2D eigenvalue weighted by Gasteiger charge is 2.40. The van der Waals surface area contributed by atoms with Crippen molar-refractivity contribution in [2.45, 2.75) is 49.7 Å². The van der Waals surface area contributed by atoms with E-state index in [-0.39, 0.29) is 42.6 Å². The number of amides is 2. The predicted octanol–water partition coefficient (Wildman–Crippen LogP) is 4.70. The van der Waals surface area contributed by atoms with Crippen molar-refractivity contribution in [2.24, 2.45) is 11.1 Å². The van der Waals surface area contributed by atoms with E-state index in [4.69, 9.17) is 10.5 Å². The van der Waals surface area contributed by atoms with Gasteiger partial charge in [0.05, 0.1) is 23.2 Å². The number of nitrogen functional groups attached to an aromatic ring is 1. The lowest BCUT2D eigenvalue weighted by Gasteiger charge is -2.30. The summed E-state index contributed by atoms with van der Waals surface area (Å²) in [5.41, 5.74) is 6.80. The fraction of sp³-hybridized carbons (Fsp3) is 0.355. The third-order valence-corrected chi connectivity index (χ3v) is 9.02. The molecule has 3 atom stereocenters. The molecule has 12 nitrogen and oxygen atoms in total. The number of alkyl halides is 3. The van der Waals surface area contributed by atoms with Crippen molar-refractivity contribution in [2.75, 3.05) is 30.3 Å². The minimum Gasteiger partial charge on any atom is -0.434 e. The van der Waals surface area contributed by atoms with Gasteiger partial charge in [-0.15, -0.1) is 13.2 Å². The van der Waals surface area contributed by atoms with Gasteiger partial charge >= 0.3 is 12.5 Å². The number of hydrogen-bond donors (Lipinski definition) is 2. The molecule has 0 bridgehead atoms. The van der Waals surface area contributed by atoms with Crippen LogP contribution in [0.3, 0.4) is 0 Å². The summed E-state index contributed by atoms with van der Waals surface area (Å²) in [7, 11) is -4.12. The van der Waals surface area contributed by atoms with Gasteiger partial charge in [0.15, 0.2) is 6.10 Å². The Morgan fingerprint density at radius 2 is 1.77 bits per heavy atom. The number of carbonyl (C=O) groups is 2. The quantitative estimate of drug-likeness (QED) is 0.183. The average Bonchev–Trinajstić information content (AvgIpc) is 3.40. The van der Waals surface area contributed by atoms with E-state index >= 15 is 0 Å². The molecule has 252 valence electrons. The number of cyclic esters (lactones) is 1. The molecule has 0 aliphatic carbocycles. The zero-order valence-corrected chi connectivity index (χ0v) is 26.3. The fourth-order valence-corrected chi connectivity index (χ4v) is 6.62. The highest BCUT2D eigenvalue weighted by Crippen LogP contribution is 2.29. The molecule has 1 heterocycles. The average molecular weight is 678 g/mol. The number of ether oxygens (including phenoxy) is 2. The van der Waals surface area contributed by atoms with Crippen LogP contribution in [0.4, 0.5) is 29.3 Å². The summed E-state index contributed by atoms with van der Waals surface area (Å²) in [5.74, 6) is -1.52. The molecule has 2 amide bonds. The molecule has 3 aromatic carbocycles. The van der Waals surface area contributed by atoms with E-state index in [0.29, 0.717) is 11.3 Å². The lowest BCUT2D eigenvalue weighted by molar-refractivity contribution is -0.274. The first-order chi connectivity index (χ1) is 22.2. The highest BCUT2D eigenvalue weighted by atomic mass is 32.2. The van der Waals surface area contributed by atoms with Crippen molar-refractivity contribution in [1.82, 2.24) is 9.62 Å². The van der Waals surface area contributed by atoms with Crippen LogP contribution < -0.4 is 20.7 Å². The molecule has 4 rings (SSSR count). The summed E-state index contributed by atoms with van der Waals surface area (Å²) in [6.07, 6.45) is -7.29. The molecular formula is C31H34F3N5O7S. The van der Waals surface area contributed by atoms with Crippen LogP contribution in [0.5, 0.6) is 5.75 Å². The summed E-state index contributed by atoms with van der Waals surface area (Å²) in [4.78, 5) is 39.5. The maximum Gasteiger partial charge on any atom is 0.573 e. The van der Waals surface area contributed by atoms with Crippen LogP contribution in [0, 0.1) is 10.8 Å². The maximum atomic E-state index is 13.7. The van der Waals surface area contributed by atoms with Crippen LogP contribution in [-0.2, 0) is 26.0 Å². The van der Waals surface area contributed by atoms with Crippen molar-refractivity contribution in [1.29, 1.82) is 0 Å². The predicted molar refractivity (Wildman–Crippen MR) is 167 cm³/mol. The summed E-state index contributed by atoms with van der Waals surface area (Å²) in [6.45, 7) is 2.92. The Bertz CT molecular complexity index is 1660. The minimum absolute atomic E-state index is 0.00229. The molecule has 3 N–H and O–H groups in total. The second-order valence-electron chi connectivity index (χ2n) is 11.3. The Morgan fingerprint density at radius 1 is 1.09 bits per heavy atom. The van der Waals surface area contributed by atoms with E-state index in [0.717, 1.165) is 21.3 Å². The molecule has 47 heavy (non-hydrogen) atoms. The van der Waals surface area contributed by atoms with Crippen molar-refractivity contribution in [3.8, 4) is 5.75 Å². The topological polar surface area (TPSA) is 161 Å². The van der Waals surface area contributed by atoms with E-state index < -0.39 is 52.3 Å². The van der Waals surface area contributed by atoms with E-state index in [1.54, 1.807) is 30.3 Å². The molecule has 0 radical (unpaired) electrons. The van der Waals surface area contributed by atoms with Gasteiger partial charge in [-0.05, 0) is 54.3 Å². The number of benzene rings is 3. The van der Waals surface area contributed by atoms with Gasteiger partial charge in [0.25, 0.3) is 5.91 Å². The number of carbonyl (C=O) groups excluding carboxylic acids is 2. The first-order valence-corrected chi connectivity index (χ1v) is 16.0. The number of nitrogens with two attached hydrogens (primary N) is 1. The molecule has 1 fully saturated rings. The van der Waals surface area contributed by atoms with Gasteiger partial charge in [0, 0.05) is 24.8 Å². The van der Waals surface area contributed by atoms with E-state index in [1.165, 1.54) is 36.4 Å². The number of nitrogens with zero attached hydrogens (tertiary/aromatic N) is 3. The van der Waals surface area contributed by atoms with Gasteiger partial charge in [-0.3, -0.25) is 9.69 Å². The molecule has 1 aliphatic rings. The van der Waals surface area contributed by atoms with E-state index in [2.05, 4.69) is 15.2 Å². The largest absolute Gasteiger partial charge is 0.573 e. The lowest BCUT2D eigenvalue weighted by atomic mass is 9.99. The molecule has 1 saturated heterocycles. The summed E-state index contributed by atoms with van der Waals surface area (Å²) in [5, 5.41) is 5.94. The lowest BCUT2D eigenvalue weighted by Crippen LogP contribution is -2.52. The first kappa shape index (κ1) is 35.2. The van der Waals surface area contributed by atoms with Gasteiger partial charge in [-0.2, -0.15) is 9.21 Å². The number of nitroso groups, excluding NO2 is 1. The number of rotatable bonds is 14. The molecule has 16 heteroatoms. The van der Waals surface area contributed by atoms with Crippen LogP contribution in [-0.4, -0.2) is 68.9 Å². The Hall–Kier alpha value is -4.70. The van der Waals surface area contributed by atoms with Crippen LogP contribution >= 0.6 is 0 Å². The Balaban J connectivity index is 1.57. The smallest absolute Gasteiger partial charge is 0.434 e. The molecule has 0 saturated carbocycles. The normalized spacial score (nSPS) is 16.5. The number of anilines is 2. The van der Waals surface area contributed by atoms with Gasteiger partial charge < -0.3 is 20.5 Å². The van der Waals surface area contributed by atoms with Crippen molar-refractivity contribution < 1.29 is 40.7 Å². The number of halogens is 3. The van der Waals surface area contributed by atoms with E-state index in [9.17, 15) is 36.1 Å². The first-order valence-electron chi connectivity index (χ1n) is 14.5. The summed E-state index contributed by atoms with van der Waals surface area (Å²) in [6, 6.07) is 16.7. The SMILES string of the molecule is CC(C)CN(C[C@@H](N=O)[C@H](Cc1ccccc1)NC(=O)[C@@H]1CN(c2cccc(OC(F)(F)F)c2)C(=O)O1)S(=O)(=O)c1ccc(N)cc1. The van der Waals surface area contributed by atoms with Crippen molar-refractivity contribution in [3.05, 3.63) is 89.3 Å². The van der Waals surface area contributed by atoms with Crippen molar-refractivity contribution >= 4 is 33.4 Å². The van der Waals surface area contributed by atoms with Gasteiger partial charge in [-0.1, -0.05) is 55.4 Å². The number of nitrogens with one attached hydrogen (secondary N) is 1. The number of sulfonamides is 1. The second-order valence-corrected chi connectivity index (χ2v) is 13.2. The molecule has 0 aromatic heterocycles. The standard InChI is InChI=1S/C31H34F3N5O7S/c1-20(2)17-38(47(43,44)25-13-11-22(35)12-14-25)18-27(37-42)26(15-21-7-4-3-5-8-21)36-29(40)28-19-39(30(41)45-28)23-9-6-10-24(16-23)46-31(32,33)34/h3-14,16,20,26-28H,15,17-19,35H2,1-2H3,(H,36,40)/t26-,27+,28-/m0/s1. The zero-order chi connectivity index (χ0) is 34.4. The van der Waals surface area contributed by atoms with Crippen LogP contribution in [0.2, 0.25) is 0 Å².